The van der Waals surface area contributed by atoms with Crippen LogP contribution in [-0.4, -0.2) is 35.1 Å². The van der Waals surface area contributed by atoms with Gasteiger partial charge in [-0.15, -0.1) is 11.3 Å². The highest BCUT2D eigenvalue weighted by Gasteiger charge is 2.43. The van der Waals surface area contributed by atoms with Gasteiger partial charge in [0.1, 0.15) is 24.3 Å². The monoisotopic (exact) mass is 528 g/mol. The summed E-state index contributed by atoms with van der Waals surface area (Å²) < 4.78 is 22.9. The second-order valence-corrected chi connectivity index (χ2v) is 17.2. The van der Waals surface area contributed by atoms with Gasteiger partial charge in [-0.1, -0.05) is 37.3 Å². The van der Waals surface area contributed by atoms with Crippen molar-refractivity contribution in [3.63, 3.8) is 0 Å². The number of fused-ring (bicyclic) bond motifs is 2. The zero-order chi connectivity index (χ0) is 24.9. The van der Waals surface area contributed by atoms with Gasteiger partial charge in [0.25, 0.3) is 5.91 Å². The maximum atomic E-state index is 15.0. The van der Waals surface area contributed by atoms with Crippen LogP contribution in [0.15, 0.2) is 42.7 Å². The van der Waals surface area contributed by atoms with Crippen LogP contribution in [0.4, 0.5) is 10.1 Å². The highest BCUT2D eigenvalue weighted by Crippen LogP contribution is 2.45. The smallest absolute Gasteiger partial charge is 0.279 e. The molecule has 0 spiro atoms. The minimum atomic E-state index is -1.15. The molecule has 1 amide bonds. The van der Waals surface area contributed by atoms with E-state index in [1.165, 1.54) is 17.4 Å². The molecule has 0 N–H and O–H groups in total. The zero-order valence-corrected chi connectivity index (χ0v) is 22.6. The van der Waals surface area contributed by atoms with Crippen LogP contribution in [0.2, 0.25) is 30.7 Å². The second kappa shape index (κ2) is 9.13. The number of halogens is 2. The fraction of sp³-hybridized carbons (Fsp3) is 0.320. The van der Waals surface area contributed by atoms with Gasteiger partial charge >= 0.3 is 0 Å². The van der Waals surface area contributed by atoms with Crippen LogP contribution in [0.25, 0.3) is 11.0 Å². The van der Waals surface area contributed by atoms with Crippen molar-refractivity contribution >= 4 is 53.6 Å². The predicted octanol–water partition coefficient (Wildman–Crippen LogP) is 6.66. The molecule has 10 heteroatoms. The van der Waals surface area contributed by atoms with E-state index < -0.39 is 19.9 Å². The molecule has 0 aliphatic carbocycles. The number of anilines is 1. The number of hydrogen-bond acceptors (Lipinski definition) is 5. The number of thiazole rings is 1. The third-order valence-corrected chi connectivity index (χ3v) is 9.02. The maximum Gasteiger partial charge on any atom is 0.279 e. The number of aromatic nitrogens is 3. The number of ether oxygens (including phenoxy) is 1. The summed E-state index contributed by atoms with van der Waals surface area (Å²) in [4.78, 5) is 24.8. The van der Waals surface area contributed by atoms with Gasteiger partial charge in [0.15, 0.2) is 0 Å². The van der Waals surface area contributed by atoms with Gasteiger partial charge in [-0.05, 0) is 43.3 Å². The number of aryl methyl sites for hydroxylation is 1. The number of carbonyl (C=O) groups is 1. The minimum Gasteiger partial charge on any atom is -0.361 e. The summed E-state index contributed by atoms with van der Waals surface area (Å²) in [5.74, 6) is -0.711. The Morgan fingerprint density at radius 2 is 2.00 bits per heavy atom. The lowest BCUT2D eigenvalue weighted by molar-refractivity contribution is 0.0898. The molecule has 4 aromatic rings. The summed E-state index contributed by atoms with van der Waals surface area (Å²) in [6, 6.07) is 10.7. The van der Waals surface area contributed by atoms with Gasteiger partial charge < -0.3 is 9.30 Å². The molecule has 0 bridgehead atoms. The Bertz CT molecular complexity index is 1430. The molecule has 5 rings (SSSR count). The average molecular weight is 529 g/mol. The first-order valence-electron chi connectivity index (χ1n) is 11.4. The number of carbonyl (C=O) groups excluding carboxylic acids is 1. The summed E-state index contributed by atoms with van der Waals surface area (Å²) in [5.41, 5.74) is 3.03. The average Bonchev–Trinajstić information content (AvgIpc) is 3.43. The molecule has 2 aromatic carbocycles. The van der Waals surface area contributed by atoms with Gasteiger partial charge in [0.2, 0.25) is 0 Å². The molecular formula is C25H26ClFN4O2SSi. The largest absolute Gasteiger partial charge is 0.361 e. The molecule has 0 radical (unpaired) electrons. The number of hydrogen-bond donors (Lipinski definition) is 0. The molecule has 1 atom stereocenters. The molecule has 0 saturated carbocycles. The first-order chi connectivity index (χ1) is 16.6. The molecule has 6 nitrogen and oxygen atoms in total. The Balaban J connectivity index is 1.48. The topological polar surface area (TPSA) is 60.3 Å². The summed E-state index contributed by atoms with van der Waals surface area (Å²) in [6.45, 7) is 9.96. The van der Waals surface area contributed by atoms with Crippen molar-refractivity contribution in [2.75, 3.05) is 11.5 Å². The van der Waals surface area contributed by atoms with Gasteiger partial charge in [0.05, 0.1) is 27.2 Å². The van der Waals surface area contributed by atoms with Crippen LogP contribution in [0, 0.1) is 12.7 Å². The summed E-state index contributed by atoms with van der Waals surface area (Å²) >= 11 is 7.40. The SMILES string of the molecule is Cc1nc2c(s1)C(c1ccc(Cl)cc1F)N(c1ccc3c(c1)ncn3COCC[Si](C)(C)C)C2=O. The Morgan fingerprint density at radius 1 is 1.20 bits per heavy atom. The summed E-state index contributed by atoms with van der Waals surface area (Å²) in [5, 5.41) is 1.08. The van der Waals surface area contributed by atoms with Crippen LogP contribution in [0.1, 0.15) is 32.0 Å². The third kappa shape index (κ3) is 4.65. The van der Waals surface area contributed by atoms with Crippen LogP contribution in [0.5, 0.6) is 0 Å². The minimum absolute atomic E-state index is 0.253. The number of benzene rings is 2. The first-order valence-corrected chi connectivity index (χ1v) is 16.3. The molecule has 3 heterocycles. The van der Waals surface area contributed by atoms with E-state index >= 15 is 4.39 Å². The van der Waals surface area contributed by atoms with E-state index in [2.05, 4.69) is 29.6 Å². The van der Waals surface area contributed by atoms with Crippen molar-refractivity contribution in [3.8, 4) is 0 Å². The molecule has 1 unspecified atom stereocenters. The molecular weight excluding hydrogens is 503 g/mol. The van der Waals surface area contributed by atoms with E-state index in [-0.39, 0.29) is 5.91 Å². The molecule has 182 valence electrons. The van der Waals surface area contributed by atoms with Crippen LogP contribution in [0.3, 0.4) is 0 Å². The molecule has 0 saturated heterocycles. The van der Waals surface area contributed by atoms with E-state index in [4.69, 9.17) is 16.3 Å². The Labute approximate surface area is 213 Å². The number of rotatable bonds is 7. The zero-order valence-electron chi connectivity index (χ0n) is 20.0. The summed E-state index contributed by atoms with van der Waals surface area (Å²) in [6.07, 6.45) is 1.74. The normalized spacial score (nSPS) is 15.9. The lowest BCUT2D eigenvalue weighted by Gasteiger charge is -2.26. The van der Waals surface area contributed by atoms with Crippen molar-refractivity contribution < 1.29 is 13.9 Å². The maximum absolute atomic E-state index is 15.0. The molecule has 2 aromatic heterocycles. The van der Waals surface area contributed by atoms with Crippen molar-refractivity contribution in [1.82, 2.24) is 14.5 Å². The van der Waals surface area contributed by atoms with E-state index in [1.54, 1.807) is 23.4 Å². The second-order valence-electron chi connectivity index (χ2n) is 9.92. The lowest BCUT2D eigenvalue weighted by Crippen LogP contribution is -2.29. The summed E-state index contributed by atoms with van der Waals surface area (Å²) in [7, 11) is -1.15. The Morgan fingerprint density at radius 3 is 2.74 bits per heavy atom. The lowest BCUT2D eigenvalue weighted by atomic mass is 10.0. The van der Waals surface area contributed by atoms with Gasteiger partial charge in [-0.2, -0.15) is 0 Å². The van der Waals surface area contributed by atoms with Crippen molar-refractivity contribution in [3.05, 3.63) is 74.7 Å². The molecule has 1 aliphatic rings. The van der Waals surface area contributed by atoms with E-state index in [0.29, 0.717) is 28.7 Å². The number of amides is 1. The van der Waals surface area contributed by atoms with E-state index in [9.17, 15) is 4.79 Å². The van der Waals surface area contributed by atoms with Crippen LogP contribution >= 0.6 is 22.9 Å². The highest BCUT2D eigenvalue weighted by atomic mass is 35.5. The predicted molar refractivity (Wildman–Crippen MR) is 141 cm³/mol. The van der Waals surface area contributed by atoms with Crippen LogP contribution in [-0.2, 0) is 11.5 Å². The fourth-order valence-corrected chi connectivity index (χ4v) is 6.19. The highest BCUT2D eigenvalue weighted by molar-refractivity contribution is 7.12. The Kier molecular flexibility index (Phi) is 6.29. The van der Waals surface area contributed by atoms with Crippen molar-refractivity contribution in [2.24, 2.45) is 0 Å². The van der Waals surface area contributed by atoms with Crippen molar-refractivity contribution in [1.29, 1.82) is 0 Å². The van der Waals surface area contributed by atoms with Gasteiger partial charge in [-0.25, -0.2) is 14.4 Å². The van der Waals surface area contributed by atoms with E-state index in [0.717, 1.165) is 33.6 Å². The first kappa shape index (κ1) is 24.1. The Hall–Kier alpha value is -2.59. The number of imidazole rings is 1. The molecule has 35 heavy (non-hydrogen) atoms. The fourth-order valence-electron chi connectivity index (χ4n) is 4.25. The standard InChI is InChI=1S/C25H26ClFN4O2SSi/c1-15-29-22-24(34-15)23(18-7-5-16(26)11-19(18)27)31(25(22)32)17-6-8-21-20(12-17)28-13-30(21)14-33-9-10-35(2,3)4/h5-8,11-13,23H,9-10,14H2,1-4H3. The van der Waals surface area contributed by atoms with Crippen LogP contribution < -0.4 is 4.90 Å². The van der Waals surface area contributed by atoms with E-state index in [1.807, 2.05) is 29.7 Å². The molecule has 0 fully saturated rings. The third-order valence-electron chi connectivity index (χ3n) is 6.05. The van der Waals surface area contributed by atoms with Gasteiger partial charge in [0, 0.05) is 31.0 Å². The molecule has 1 aliphatic heterocycles. The number of nitrogens with zero attached hydrogens (tertiary/aromatic N) is 4. The quantitative estimate of drug-likeness (QED) is 0.199. The van der Waals surface area contributed by atoms with Gasteiger partial charge in [-0.3, -0.25) is 9.69 Å². The van der Waals surface area contributed by atoms with Crippen molar-refractivity contribution in [2.45, 2.75) is 45.4 Å².